The van der Waals surface area contributed by atoms with Crippen LogP contribution in [-0.4, -0.2) is 48.6 Å². The van der Waals surface area contributed by atoms with Crippen LogP contribution in [0.1, 0.15) is 48.5 Å². The summed E-state index contributed by atoms with van der Waals surface area (Å²) in [5, 5.41) is 0. The maximum Gasteiger partial charge on any atom is 0.254 e. The molecule has 0 unspecified atom stereocenters. The van der Waals surface area contributed by atoms with E-state index in [0.29, 0.717) is 41.6 Å². The molecule has 0 aliphatic carbocycles. The van der Waals surface area contributed by atoms with Gasteiger partial charge in [0.05, 0.1) is 33.8 Å². The van der Waals surface area contributed by atoms with Gasteiger partial charge in [0.1, 0.15) is 5.82 Å². The molecule has 8 nitrogen and oxygen atoms in total. The van der Waals surface area contributed by atoms with Crippen LogP contribution in [0.4, 0.5) is 0 Å². The van der Waals surface area contributed by atoms with Crippen molar-refractivity contribution < 1.29 is 19.0 Å². The third-order valence-corrected chi connectivity index (χ3v) is 5.56. The van der Waals surface area contributed by atoms with Gasteiger partial charge >= 0.3 is 0 Å². The molecule has 1 aromatic heterocycles. The molecule has 1 amide bonds. The zero-order valence-corrected chi connectivity index (χ0v) is 18.2. The second-order valence-electron chi connectivity index (χ2n) is 7.32. The van der Waals surface area contributed by atoms with Gasteiger partial charge in [0.15, 0.2) is 11.5 Å². The first-order valence-corrected chi connectivity index (χ1v) is 10.1. The number of H-pyrrole nitrogens is 1. The Kier molecular flexibility index (Phi) is 6.64. The van der Waals surface area contributed by atoms with Gasteiger partial charge in [0, 0.05) is 17.8 Å². The molecule has 162 valence electrons. The predicted molar refractivity (Wildman–Crippen MR) is 112 cm³/mol. The third kappa shape index (κ3) is 4.13. The maximum absolute atomic E-state index is 13.1. The summed E-state index contributed by atoms with van der Waals surface area (Å²) in [4.78, 5) is 34.8. The average Bonchev–Trinajstić information content (AvgIpc) is 3.22. The summed E-state index contributed by atoms with van der Waals surface area (Å²) in [6.45, 7) is 4.41. The van der Waals surface area contributed by atoms with Crippen LogP contribution < -0.4 is 19.8 Å². The standard InChI is InChI=1S/C22H29N3O5/c1-6-15-13(2)23-21(24-22(15)27)16-8-7-9-25(16)19(26)12-14-10-17(28-3)20(30-5)18(11-14)29-4/h10-11,16H,6-9,12H2,1-5H3,(H,23,24,27)/t16-/m1/s1. The van der Waals surface area contributed by atoms with E-state index in [1.807, 2.05) is 13.8 Å². The summed E-state index contributed by atoms with van der Waals surface area (Å²) in [7, 11) is 4.63. The number of nitrogens with zero attached hydrogens (tertiary/aromatic N) is 2. The van der Waals surface area contributed by atoms with E-state index in [2.05, 4.69) is 9.97 Å². The molecule has 1 saturated heterocycles. The molecular weight excluding hydrogens is 386 g/mol. The Labute approximate surface area is 176 Å². The summed E-state index contributed by atoms with van der Waals surface area (Å²) in [5.74, 6) is 2.03. The number of aryl methyl sites for hydroxylation is 1. The minimum atomic E-state index is -0.225. The average molecular weight is 415 g/mol. The van der Waals surface area contributed by atoms with Gasteiger partial charge < -0.3 is 24.1 Å². The molecule has 2 aromatic rings. The Balaban J connectivity index is 1.86. The molecule has 0 spiro atoms. The smallest absolute Gasteiger partial charge is 0.254 e. The summed E-state index contributed by atoms with van der Waals surface area (Å²) in [6, 6.07) is 3.34. The van der Waals surface area contributed by atoms with Gasteiger partial charge in [-0.05, 0) is 43.9 Å². The first-order chi connectivity index (χ1) is 14.4. The fourth-order valence-corrected chi connectivity index (χ4v) is 4.07. The van der Waals surface area contributed by atoms with Gasteiger partial charge in [-0.15, -0.1) is 0 Å². The van der Waals surface area contributed by atoms with E-state index in [1.54, 1.807) is 38.4 Å². The van der Waals surface area contributed by atoms with Crippen molar-refractivity contribution >= 4 is 5.91 Å². The number of methoxy groups -OCH3 is 3. The fourth-order valence-electron chi connectivity index (χ4n) is 4.07. The number of carbonyl (C=O) groups is 1. The number of hydrogen-bond acceptors (Lipinski definition) is 6. The quantitative estimate of drug-likeness (QED) is 0.747. The van der Waals surface area contributed by atoms with Crippen molar-refractivity contribution in [2.24, 2.45) is 0 Å². The van der Waals surface area contributed by atoms with Gasteiger partial charge in [-0.1, -0.05) is 6.92 Å². The predicted octanol–water partition coefficient (Wildman–Crippen LogP) is 2.57. The summed E-state index contributed by atoms with van der Waals surface area (Å²) in [6.07, 6.45) is 2.45. The molecule has 1 aliphatic heterocycles. The SMILES string of the molecule is CCc1c(C)nc([C@H]2CCCN2C(=O)Cc2cc(OC)c(OC)c(OC)c2)[nH]c1=O. The van der Waals surface area contributed by atoms with E-state index in [0.717, 1.165) is 24.1 Å². The number of carbonyl (C=O) groups excluding carboxylic acids is 1. The number of ether oxygens (including phenoxy) is 3. The van der Waals surface area contributed by atoms with E-state index < -0.39 is 0 Å². The molecule has 0 saturated carbocycles. The van der Waals surface area contributed by atoms with Crippen molar-refractivity contribution in [3.63, 3.8) is 0 Å². The summed E-state index contributed by atoms with van der Waals surface area (Å²) in [5.41, 5.74) is 2.05. The van der Waals surface area contributed by atoms with Gasteiger partial charge in [-0.3, -0.25) is 9.59 Å². The molecule has 1 N–H and O–H groups in total. The highest BCUT2D eigenvalue weighted by Gasteiger charge is 2.32. The molecular formula is C22H29N3O5. The fraction of sp³-hybridized carbons (Fsp3) is 0.500. The van der Waals surface area contributed by atoms with Crippen LogP contribution in [0.3, 0.4) is 0 Å². The van der Waals surface area contributed by atoms with Crippen molar-refractivity contribution in [2.45, 2.75) is 45.6 Å². The molecule has 1 fully saturated rings. The third-order valence-electron chi connectivity index (χ3n) is 5.56. The number of likely N-dealkylation sites (tertiary alicyclic amines) is 1. The van der Waals surface area contributed by atoms with Crippen LogP contribution in [0, 0.1) is 6.92 Å². The van der Waals surface area contributed by atoms with Crippen LogP contribution in [0.2, 0.25) is 0 Å². The second kappa shape index (κ2) is 9.19. The molecule has 1 aliphatic rings. The largest absolute Gasteiger partial charge is 0.493 e. The number of aromatic nitrogens is 2. The zero-order chi connectivity index (χ0) is 21.8. The first kappa shape index (κ1) is 21.7. The molecule has 30 heavy (non-hydrogen) atoms. The van der Waals surface area contributed by atoms with Crippen molar-refractivity contribution in [3.8, 4) is 17.2 Å². The molecule has 1 aromatic carbocycles. The van der Waals surface area contributed by atoms with Gasteiger partial charge in [-0.2, -0.15) is 0 Å². The lowest BCUT2D eigenvalue weighted by Gasteiger charge is -2.25. The highest BCUT2D eigenvalue weighted by molar-refractivity contribution is 5.80. The monoisotopic (exact) mass is 415 g/mol. The van der Waals surface area contributed by atoms with Crippen molar-refractivity contribution in [3.05, 3.63) is 45.1 Å². The normalized spacial score (nSPS) is 15.9. The second-order valence-corrected chi connectivity index (χ2v) is 7.32. The number of nitrogens with one attached hydrogen (secondary N) is 1. The topological polar surface area (TPSA) is 93.8 Å². The molecule has 0 bridgehead atoms. The highest BCUT2D eigenvalue weighted by Crippen LogP contribution is 2.39. The molecule has 0 radical (unpaired) electrons. The summed E-state index contributed by atoms with van der Waals surface area (Å²) >= 11 is 0. The molecule has 3 rings (SSSR count). The van der Waals surface area contributed by atoms with Crippen molar-refractivity contribution in [1.82, 2.24) is 14.9 Å². The van der Waals surface area contributed by atoms with Crippen molar-refractivity contribution in [2.75, 3.05) is 27.9 Å². The van der Waals surface area contributed by atoms with E-state index in [4.69, 9.17) is 14.2 Å². The van der Waals surface area contributed by atoms with E-state index >= 15 is 0 Å². The molecule has 2 heterocycles. The van der Waals surface area contributed by atoms with E-state index in [-0.39, 0.29) is 23.9 Å². The van der Waals surface area contributed by atoms with Crippen molar-refractivity contribution in [1.29, 1.82) is 0 Å². The first-order valence-electron chi connectivity index (χ1n) is 10.1. The number of hydrogen-bond donors (Lipinski definition) is 1. The van der Waals surface area contributed by atoms with Crippen LogP contribution in [0.25, 0.3) is 0 Å². The Hall–Kier alpha value is -3.03. The molecule has 8 heteroatoms. The lowest BCUT2D eigenvalue weighted by molar-refractivity contribution is -0.131. The Morgan fingerprint density at radius 1 is 1.20 bits per heavy atom. The lowest BCUT2D eigenvalue weighted by atomic mass is 10.1. The number of benzene rings is 1. The molecule has 1 atom stereocenters. The number of rotatable bonds is 7. The summed E-state index contributed by atoms with van der Waals surface area (Å²) < 4.78 is 16.1. The van der Waals surface area contributed by atoms with Crippen LogP contribution >= 0.6 is 0 Å². The van der Waals surface area contributed by atoms with Gasteiger partial charge in [-0.25, -0.2) is 4.98 Å². The van der Waals surface area contributed by atoms with E-state index in [9.17, 15) is 9.59 Å². The van der Waals surface area contributed by atoms with Gasteiger partial charge in [0.25, 0.3) is 5.56 Å². The zero-order valence-electron chi connectivity index (χ0n) is 18.2. The van der Waals surface area contributed by atoms with E-state index in [1.165, 1.54) is 0 Å². The Bertz CT molecular complexity index is 960. The number of aromatic amines is 1. The number of amides is 1. The maximum atomic E-state index is 13.1. The Morgan fingerprint density at radius 3 is 2.40 bits per heavy atom. The van der Waals surface area contributed by atoms with Crippen LogP contribution in [0.5, 0.6) is 17.2 Å². The van der Waals surface area contributed by atoms with Crippen LogP contribution in [-0.2, 0) is 17.6 Å². The lowest BCUT2D eigenvalue weighted by Crippen LogP contribution is -2.34. The minimum Gasteiger partial charge on any atom is -0.493 e. The van der Waals surface area contributed by atoms with Gasteiger partial charge in [0.2, 0.25) is 11.7 Å². The van der Waals surface area contributed by atoms with Crippen LogP contribution in [0.15, 0.2) is 16.9 Å². The highest BCUT2D eigenvalue weighted by atomic mass is 16.5. The minimum absolute atomic E-state index is 0.0355. The Morgan fingerprint density at radius 2 is 1.87 bits per heavy atom.